The number of benzene rings is 2. The molecule has 7 heteroatoms. The van der Waals surface area contributed by atoms with Gasteiger partial charge in [-0.1, -0.05) is 47.1 Å². The SMILES string of the molecule is COc1ccccc1-c1noc(/C(Cl)=C/c2cnn(-c3ccccc3)c2)n1. The molecule has 0 aliphatic heterocycles. The molecule has 0 aliphatic carbocycles. The summed E-state index contributed by atoms with van der Waals surface area (Å²) in [6.07, 6.45) is 5.32. The van der Waals surface area contributed by atoms with Crippen LogP contribution in [0.4, 0.5) is 0 Å². The van der Waals surface area contributed by atoms with E-state index in [2.05, 4.69) is 15.2 Å². The lowest BCUT2D eigenvalue weighted by Gasteiger charge is -2.02. The number of methoxy groups -OCH3 is 1. The molecule has 0 atom stereocenters. The van der Waals surface area contributed by atoms with Gasteiger partial charge < -0.3 is 9.26 Å². The van der Waals surface area contributed by atoms with Crippen LogP contribution in [0.1, 0.15) is 11.5 Å². The fourth-order valence-corrected chi connectivity index (χ4v) is 2.80. The zero-order chi connectivity index (χ0) is 18.6. The Labute approximate surface area is 160 Å². The van der Waals surface area contributed by atoms with E-state index < -0.39 is 0 Å². The van der Waals surface area contributed by atoms with E-state index >= 15 is 0 Å². The summed E-state index contributed by atoms with van der Waals surface area (Å²) < 4.78 is 12.4. The first-order valence-electron chi connectivity index (χ1n) is 8.19. The van der Waals surface area contributed by atoms with Crippen molar-refractivity contribution in [3.05, 3.63) is 78.4 Å². The number of ether oxygens (including phenoxy) is 1. The lowest BCUT2D eigenvalue weighted by atomic mass is 10.2. The van der Waals surface area contributed by atoms with E-state index in [4.69, 9.17) is 20.9 Å². The number of para-hydroxylation sites is 2. The van der Waals surface area contributed by atoms with Crippen molar-refractivity contribution in [1.29, 1.82) is 0 Å². The van der Waals surface area contributed by atoms with Gasteiger partial charge in [-0.05, 0) is 30.3 Å². The predicted octanol–water partition coefficient (Wildman–Crippen LogP) is 4.67. The van der Waals surface area contributed by atoms with Crippen molar-refractivity contribution >= 4 is 22.7 Å². The summed E-state index contributed by atoms with van der Waals surface area (Å²) in [7, 11) is 1.59. The zero-order valence-electron chi connectivity index (χ0n) is 14.4. The van der Waals surface area contributed by atoms with Crippen molar-refractivity contribution in [2.75, 3.05) is 7.11 Å². The van der Waals surface area contributed by atoms with Crippen LogP contribution in [-0.4, -0.2) is 27.0 Å². The number of hydrogen-bond acceptors (Lipinski definition) is 5. The van der Waals surface area contributed by atoms with E-state index in [0.29, 0.717) is 16.6 Å². The molecule has 0 radical (unpaired) electrons. The minimum absolute atomic E-state index is 0.227. The van der Waals surface area contributed by atoms with Gasteiger partial charge in [0.05, 0.1) is 24.6 Å². The molecule has 4 rings (SSSR count). The van der Waals surface area contributed by atoms with Gasteiger partial charge in [0.15, 0.2) is 0 Å². The predicted molar refractivity (Wildman–Crippen MR) is 104 cm³/mol. The molecular weight excluding hydrogens is 364 g/mol. The molecular formula is C20H15ClN4O2. The molecule has 0 bridgehead atoms. The zero-order valence-corrected chi connectivity index (χ0v) is 15.2. The standard InChI is InChI=1S/C20H15ClN4O2/c1-26-18-10-6-5-9-16(18)19-23-20(27-24-19)17(21)11-14-12-22-25(13-14)15-7-3-2-4-8-15/h2-13H,1H3/b17-11-. The minimum Gasteiger partial charge on any atom is -0.496 e. The molecule has 2 aromatic heterocycles. The van der Waals surface area contributed by atoms with Gasteiger partial charge in [0.25, 0.3) is 5.89 Å². The molecule has 134 valence electrons. The lowest BCUT2D eigenvalue weighted by Crippen LogP contribution is -1.92. The smallest absolute Gasteiger partial charge is 0.269 e. The van der Waals surface area contributed by atoms with Gasteiger partial charge in [-0.15, -0.1) is 0 Å². The van der Waals surface area contributed by atoms with Crippen LogP contribution in [0.2, 0.25) is 0 Å². The average molecular weight is 379 g/mol. The van der Waals surface area contributed by atoms with Crippen LogP contribution in [0.25, 0.3) is 28.2 Å². The largest absolute Gasteiger partial charge is 0.496 e. The van der Waals surface area contributed by atoms with Crippen LogP contribution >= 0.6 is 11.6 Å². The van der Waals surface area contributed by atoms with Crippen LogP contribution in [0.15, 0.2) is 71.5 Å². The van der Waals surface area contributed by atoms with Gasteiger partial charge in [0, 0.05) is 11.8 Å². The summed E-state index contributed by atoms with van der Waals surface area (Å²) in [4.78, 5) is 4.36. The van der Waals surface area contributed by atoms with Gasteiger partial charge in [0.1, 0.15) is 10.8 Å². The summed E-state index contributed by atoms with van der Waals surface area (Å²) in [6.45, 7) is 0. The monoisotopic (exact) mass is 378 g/mol. The van der Waals surface area contributed by atoms with Gasteiger partial charge in [-0.2, -0.15) is 10.1 Å². The maximum absolute atomic E-state index is 6.37. The Morgan fingerprint density at radius 1 is 1.11 bits per heavy atom. The van der Waals surface area contributed by atoms with Gasteiger partial charge in [-0.25, -0.2) is 4.68 Å². The summed E-state index contributed by atoms with van der Waals surface area (Å²) in [6, 6.07) is 17.3. The number of aromatic nitrogens is 4. The second kappa shape index (κ2) is 7.47. The Hall–Kier alpha value is -3.38. The highest BCUT2D eigenvalue weighted by molar-refractivity contribution is 6.50. The van der Waals surface area contributed by atoms with Crippen molar-refractivity contribution in [3.8, 4) is 22.8 Å². The highest BCUT2D eigenvalue weighted by Gasteiger charge is 2.15. The summed E-state index contributed by atoms with van der Waals surface area (Å²) >= 11 is 6.37. The van der Waals surface area contributed by atoms with Crippen LogP contribution in [0.3, 0.4) is 0 Å². The molecule has 0 fully saturated rings. The van der Waals surface area contributed by atoms with Crippen LogP contribution < -0.4 is 4.74 Å². The lowest BCUT2D eigenvalue weighted by molar-refractivity contribution is 0.406. The molecule has 0 saturated heterocycles. The van der Waals surface area contributed by atoms with E-state index in [-0.39, 0.29) is 5.89 Å². The summed E-state index contributed by atoms with van der Waals surface area (Å²) in [5, 5.41) is 8.67. The van der Waals surface area contributed by atoms with Crippen molar-refractivity contribution in [2.45, 2.75) is 0 Å². The Morgan fingerprint density at radius 3 is 2.70 bits per heavy atom. The summed E-state index contributed by atoms with van der Waals surface area (Å²) in [5.41, 5.74) is 2.52. The third-order valence-corrected chi connectivity index (χ3v) is 4.17. The first kappa shape index (κ1) is 17.1. The first-order valence-corrected chi connectivity index (χ1v) is 8.57. The van der Waals surface area contributed by atoms with E-state index in [1.54, 1.807) is 24.1 Å². The third kappa shape index (κ3) is 3.61. The fourth-order valence-electron chi connectivity index (χ4n) is 2.60. The van der Waals surface area contributed by atoms with E-state index in [0.717, 1.165) is 16.8 Å². The molecule has 0 spiro atoms. The van der Waals surface area contributed by atoms with Gasteiger partial charge >= 0.3 is 0 Å². The number of hydrogen-bond donors (Lipinski definition) is 0. The molecule has 0 unspecified atom stereocenters. The molecule has 0 N–H and O–H groups in total. The third-order valence-electron chi connectivity index (χ3n) is 3.89. The van der Waals surface area contributed by atoms with E-state index in [9.17, 15) is 0 Å². The fraction of sp³-hybridized carbons (Fsp3) is 0.0500. The Bertz CT molecular complexity index is 1090. The molecule has 4 aromatic rings. The number of rotatable bonds is 5. The van der Waals surface area contributed by atoms with Crippen LogP contribution in [0, 0.1) is 0 Å². The van der Waals surface area contributed by atoms with Crippen LogP contribution in [-0.2, 0) is 0 Å². The average Bonchev–Trinajstić information content (AvgIpc) is 3.38. The highest BCUT2D eigenvalue weighted by atomic mass is 35.5. The quantitative estimate of drug-likeness (QED) is 0.505. The van der Waals surface area contributed by atoms with Crippen LogP contribution in [0.5, 0.6) is 5.75 Å². The summed E-state index contributed by atoms with van der Waals surface area (Å²) in [5.74, 6) is 1.30. The first-order chi connectivity index (χ1) is 13.2. The van der Waals surface area contributed by atoms with Crippen molar-refractivity contribution < 1.29 is 9.26 Å². The molecule has 2 aromatic carbocycles. The van der Waals surface area contributed by atoms with E-state index in [1.165, 1.54) is 0 Å². The topological polar surface area (TPSA) is 66.0 Å². The molecule has 27 heavy (non-hydrogen) atoms. The molecule has 0 amide bonds. The normalized spacial score (nSPS) is 11.6. The molecule has 0 aliphatic rings. The van der Waals surface area contributed by atoms with Crippen molar-refractivity contribution in [2.24, 2.45) is 0 Å². The molecule has 0 saturated carbocycles. The van der Waals surface area contributed by atoms with Gasteiger partial charge in [-0.3, -0.25) is 0 Å². The maximum atomic E-state index is 6.37. The van der Waals surface area contributed by atoms with Gasteiger partial charge in [0.2, 0.25) is 5.82 Å². The Balaban J connectivity index is 1.60. The number of nitrogens with zero attached hydrogens (tertiary/aromatic N) is 4. The van der Waals surface area contributed by atoms with E-state index in [1.807, 2.05) is 60.8 Å². The molecule has 2 heterocycles. The number of halogens is 1. The molecule has 6 nitrogen and oxygen atoms in total. The highest BCUT2D eigenvalue weighted by Crippen LogP contribution is 2.29. The maximum Gasteiger partial charge on any atom is 0.269 e. The Morgan fingerprint density at radius 2 is 1.89 bits per heavy atom. The van der Waals surface area contributed by atoms with Crippen molar-refractivity contribution in [3.63, 3.8) is 0 Å². The second-order valence-corrected chi connectivity index (χ2v) is 6.08. The Kier molecular flexibility index (Phi) is 4.72. The second-order valence-electron chi connectivity index (χ2n) is 5.67. The minimum atomic E-state index is 0.227. The van der Waals surface area contributed by atoms with Crippen molar-refractivity contribution in [1.82, 2.24) is 19.9 Å².